The van der Waals surface area contributed by atoms with Gasteiger partial charge < -0.3 is 15.7 Å². The minimum Gasteiger partial charge on any atom is -0.399 e. The molecular weight excluding hydrogens is 216 g/mol. The summed E-state index contributed by atoms with van der Waals surface area (Å²) < 4.78 is 0. The molecule has 1 aromatic rings. The Morgan fingerprint density at radius 3 is 2.76 bits per heavy atom. The molecule has 0 saturated carbocycles. The summed E-state index contributed by atoms with van der Waals surface area (Å²) in [6.07, 6.45) is -0.454. The number of benzene rings is 1. The van der Waals surface area contributed by atoms with Crippen LogP contribution in [0, 0.1) is 0 Å². The molecule has 1 aliphatic heterocycles. The highest BCUT2D eigenvalue weighted by molar-refractivity contribution is 5.80. The summed E-state index contributed by atoms with van der Waals surface area (Å²) in [7, 11) is 0. The van der Waals surface area contributed by atoms with Crippen LogP contribution in [0.15, 0.2) is 24.3 Å². The van der Waals surface area contributed by atoms with Gasteiger partial charge in [-0.25, -0.2) is 0 Å². The zero-order chi connectivity index (χ0) is 12.6. The van der Waals surface area contributed by atoms with E-state index in [2.05, 4.69) is 0 Å². The van der Waals surface area contributed by atoms with Gasteiger partial charge >= 0.3 is 0 Å². The van der Waals surface area contributed by atoms with Crippen LogP contribution < -0.4 is 5.73 Å². The van der Waals surface area contributed by atoms with Crippen molar-refractivity contribution in [1.82, 2.24) is 4.90 Å². The van der Waals surface area contributed by atoms with Crippen molar-refractivity contribution in [2.75, 3.05) is 5.73 Å². The standard InChI is InChI=1S/C13H18N2O2/c1-8(2)15-12(17)7-11(16)13(15)9-4-3-5-10(14)6-9/h3-6,8,11,13,16H,7,14H2,1-2H3. The van der Waals surface area contributed by atoms with E-state index in [4.69, 9.17) is 5.73 Å². The molecule has 0 aliphatic carbocycles. The molecule has 1 heterocycles. The predicted molar refractivity (Wildman–Crippen MR) is 66.2 cm³/mol. The monoisotopic (exact) mass is 234 g/mol. The molecule has 2 unspecified atom stereocenters. The van der Waals surface area contributed by atoms with Crippen molar-refractivity contribution in [2.45, 2.75) is 38.5 Å². The summed E-state index contributed by atoms with van der Waals surface area (Å²) in [5.74, 6) is -0.0000699. The van der Waals surface area contributed by atoms with Crippen LogP contribution in [-0.4, -0.2) is 28.1 Å². The van der Waals surface area contributed by atoms with Crippen LogP contribution >= 0.6 is 0 Å². The molecule has 0 aromatic heterocycles. The zero-order valence-corrected chi connectivity index (χ0v) is 10.1. The maximum atomic E-state index is 11.8. The lowest BCUT2D eigenvalue weighted by Gasteiger charge is -2.30. The smallest absolute Gasteiger partial charge is 0.226 e. The predicted octanol–water partition coefficient (Wildman–Crippen LogP) is 1.31. The lowest BCUT2D eigenvalue weighted by Crippen LogP contribution is -2.35. The number of rotatable bonds is 2. The molecule has 1 aromatic carbocycles. The number of hydrogen-bond donors (Lipinski definition) is 2. The minimum absolute atomic E-state index is 0.0000699. The summed E-state index contributed by atoms with van der Waals surface area (Å²) in [6.45, 7) is 3.91. The number of carbonyl (C=O) groups is 1. The Hall–Kier alpha value is -1.55. The minimum atomic E-state index is -0.647. The topological polar surface area (TPSA) is 66.6 Å². The van der Waals surface area contributed by atoms with Gasteiger partial charge in [0.05, 0.1) is 18.6 Å². The number of nitrogen functional groups attached to an aromatic ring is 1. The van der Waals surface area contributed by atoms with Crippen LogP contribution in [-0.2, 0) is 4.79 Å². The summed E-state index contributed by atoms with van der Waals surface area (Å²) in [6, 6.07) is 7.17. The van der Waals surface area contributed by atoms with Crippen LogP contribution in [0.25, 0.3) is 0 Å². The van der Waals surface area contributed by atoms with Crippen LogP contribution in [0.2, 0.25) is 0 Å². The van der Waals surface area contributed by atoms with E-state index in [1.165, 1.54) is 0 Å². The van der Waals surface area contributed by atoms with E-state index < -0.39 is 6.10 Å². The van der Waals surface area contributed by atoms with Crippen molar-refractivity contribution >= 4 is 11.6 Å². The lowest BCUT2D eigenvalue weighted by atomic mass is 10.0. The highest BCUT2D eigenvalue weighted by Crippen LogP contribution is 2.35. The number of carbonyl (C=O) groups excluding carboxylic acids is 1. The summed E-state index contributed by atoms with van der Waals surface area (Å²) >= 11 is 0. The summed E-state index contributed by atoms with van der Waals surface area (Å²) in [5, 5.41) is 10.0. The molecule has 1 amide bonds. The lowest BCUT2D eigenvalue weighted by molar-refractivity contribution is -0.130. The molecule has 4 nitrogen and oxygen atoms in total. The molecule has 0 radical (unpaired) electrons. The Labute approximate surface area is 101 Å². The van der Waals surface area contributed by atoms with Gasteiger partial charge in [0.25, 0.3) is 0 Å². The van der Waals surface area contributed by atoms with Crippen LogP contribution in [0.3, 0.4) is 0 Å². The Kier molecular flexibility index (Phi) is 3.07. The van der Waals surface area contributed by atoms with Gasteiger partial charge in [-0.2, -0.15) is 0 Å². The highest BCUT2D eigenvalue weighted by Gasteiger charge is 2.40. The second-order valence-electron chi connectivity index (χ2n) is 4.78. The number of amides is 1. The first-order chi connectivity index (χ1) is 8.00. The van der Waals surface area contributed by atoms with E-state index in [-0.39, 0.29) is 24.4 Å². The third-order valence-corrected chi connectivity index (χ3v) is 3.14. The van der Waals surface area contributed by atoms with Crippen molar-refractivity contribution in [3.8, 4) is 0 Å². The Balaban J connectivity index is 2.38. The first-order valence-corrected chi connectivity index (χ1v) is 5.85. The van der Waals surface area contributed by atoms with Crippen molar-refractivity contribution in [1.29, 1.82) is 0 Å². The molecule has 3 N–H and O–H groups in total. The molecule has 92 valence electrons. The number of hydrogen-bond acceptors (Lipinski definition) is 3. The third kappa shape index (κ3) is 2.13. The summed E-state index contributed by atoms with van der Waals surface area (Å²) in [5.41, 5.74) is 7.29. The average molecular weight is 234 g/mol. The van der Waals surface area contributed by atoms with Crippen LogP contribution in [0.5, 0.6) is 0 Å². The number of aliphatic hydroxyl groups is 1. The largest absolute Gasteiger partial charge is 0.399 e. The van der Waals surface area contributed by atoms with E-state index in [0.29, 0.717) is 5.69 Å². The Morgan fingerprint density at radius 1 is 1.47 bits per heavy atom. The molecule has 2 atom stereocenters. The SMILES string of the molecule is CC(C)N1C(=O)CC(O)C1c1cccc(N)c1. The molecule has 0 bridgehead atoms. The van der Waals surface area contributed by atoms with Gasteiger partial charge in [0.2, 0.25) is 5.91 Å². The number of anilines is 1. The molecule has 1 aliphatic rings. The first kappa shape index (κ1) is 11.9. The van der Waals surface area contributed by atoms with Crippen molar-refractivity contribution in [3.63, 3.8) is 0 Å². The van der Waals surface area contributed by atoms with Crippen molar-refractivity contribution in [2.24, 2.45) is 0 Å². The maximum absolute atomic E-state index is 11.8. The normalized spacial score (nSPS) is 24.7. The van der Waals surface area contributed by atoms with E-state index in [9.17, 15) is 9.90 Å². The number of nitrogens with two attached hydrogens (primary N) is 1. The summed E-state index contributed by atoms with van der Waals surface area (Å²) in [4.78, 5) is 13.6. The van der Waals surface area contributed by atoms with E-state index in [0.717, 1.165) is 5.56 Å². The quantitative estimate of drug-likeness (QED) is 0.758. The van der Waals surface area contributed by atoms with Gasteiger partial charge in [-0.15, -0.1) is 0 Å². The zero-order valence-electron chi connectivity index (χ0n) is 10.1. The number of aliphatic hydroxyl groups excluding tert-OH is 1. The Morgan fingerprint density at radius 2 is 2.18 bits per heavy atom. The highest BCUT2D eigenvalue weighted by atomic mass is 16.3. The van der Waals surface area contributed by atoms with Gasteiger partial charge in [-0.05, 0) is 31.5 Å². The molecule has 17 heavy (non-hydrogen) atoms. The van der Waals surface area contributed by atoms with Crippen molar-refractivity contribution in [3.05, 3.63) is 29.8 Å². The molecule has 1 saturated heterocycles. The van der Waals surface area contributed by atoms with E-state index >= 15 is 0 Å². The average Bonchev–Trinajstić information content (AvgIpc) is 2.53. The van der Waals surface area contributed by atoms with Crippen molar-refractivity contribution < 1.29 is 9.90 Å². The van der Waals surface area contributed by atoms with Gasteiger partial charge in [-0.1, -0.05) is 12.1 Å². The van der Waals surface area contributed by atoms with E-state index in [1.807, 2.05) is 32.0 Å². The molecule has 0 spiro atoms. The van der Waals surface area contributed by atoms with Crippen LogP contribution in [0.4, 0.5) is 5.69 Å². The molecule has 4 heteroatoms. The van der Waals surface area contributed by atoms with Gasteiger partial charge in [0, 0.05) is 11.7 Å². The fourth-order valence-corrected chi connectivity index (χ4v) is 2.47. The van der Waals surface area contributed by atoms with Crippen LogP contribution in [0.1, 0.15) is 31.9 Å². The Bertz CT molecular complexity index is 431. The third-order valence-electron chi connectivity index (χ3n) is 3.14. The fraction of sp³-hybridized carbons (Fsp3) is 0.462. The fourth-order valence-electron chi connectivity index (χ4n) is 2.47. The van der Waals surface area contributed by atoms with Gasteiger partial charge in [0.15, 0.2) is 0 Å². The van der Waals surface area contributed by atoms with Gasteiger partial charge in [-0.3, -0.25) is 4.79 Å². The number of nitrogens with zero attached hydrogens (tertiary/aromatic N) is 1. The molecule has 1 fully saturated rings. The second-order valence-corrected chi connectivity index (χ2v) is 4.78. The first-order valence-electron chi connectivity index (χ1n) is 5.85. The number of likely N-dealkylation sites (tertiary alicyclic amines) is 1. The van der Waals surface area contributed by atoms with E-state index in [1.54, 1.807) is 11.0 Å². The second kappa shape index (κ2) is 4.37. The van der Waals surface area contributed by atoms with Gasteiger partial charge in [0.1, 0.15) is 0 Å². The maximum Gasteiger partial charge on any atom is 0.226 e. The molecular formula is C13H18N2O2. The molecule has 2 rings (SSSR count).